The van der Waals surface area contributed by atoms with Crippen LogP contribution in [-0.4, -0.2) is 14.7 Å². The molecule has 0 bridgehead atoms. The van der Waals surface area contributed by atoms with E-state index in [0.717, 1.165) is 0 Å². The summed E-state index contributed by atoms with van der Waals surface area (Å²) < 4.78 is 1.72. The fraction of sp³-hybridized carbons (Fsp3) is 0. The van der Waals surface area contributed by atoms with Crippen LogP contribution in [0, 0.1) is 11.3 Å². The molecule has 0 atom stereocenters. The van der Waals surface area contributed by atoms with Crippen LogP contribution < -0.4 is 0 Å². The highest BCUT2D eigenvalue weighted by atomic mass is 16.3. The number of rotatable bonds is 1. The Labute approximate surface area is 80.7 Å². The number of nitrogens with zero attached hydrogens (tertiary/aromatic N) is 3. The van der Waals surface area contributed by atoms with Crippen molar-refractivity contribution < 1.29 is 5.11 Å². The summed E-state index contributed by atoms with van der Waals surface area (Å²) in [6.07, 6.45) is 4.98. The minimum Gasteiger partial charge on any atom is -0.508 e. The van der Waals surface area contributed by atoms with Crippen LogP contribution in [0.1, 0.15) is 5.56 Å². The van der Waals surface area contributed by atoms with Gasteiger partial charge in [-0.3, -0.25) is 0 Å². The maximum atomic E-state index is 9.19. The van der Waals surface area contributed by atoms with Gasteiger partial charge in [0, 0.05) is 12.4 Å². The van der Waals surface area contributed by atoms with Crippen LogP contribution in [0.4, 0.5) is 0 Å². The summed E-state index contributed by atoms with van der Waals surface area (Å²) in [7, 11) is 0. The second-order valence-electron chi connectivity index (χ2n) is 2.78. The highest BCUT2D eigenvalue weighted by Gasteiger charge is 2.03. The molecule has 0 aliphatic heterocycles. The third-order valence-corrected chi connectivity index (χ3v) is 1.88. The Hall–Kier alpha value is -2.28. The van der Waals surface area contributed by atoms with E-state index in [4.69, 9.17) is 5.26 Å². The first-order valence-corrected chi connectivity index (χ1v) is 4.02. The highest BCUT2D eigenvalue weighted by molar-refractivity contribution is 5.51. The fourth-order valence-corrected chi connectivity index (χ4v) is 1.24. The lowest BCUT2D eigenvalue weighted by Crippen LogP contribution is -1.93. The van der Waals surface area contributed by atoms with Gasteiger partial charge < -0.3 is 9.67 Å². The van der Waals surface area contributed by atoms with Gasteiger partial charge in [0.1, 0.15) is 11.8 Å². The number of phenols is 1. The molecule has 0 aliphatic carbocycles. The van der Waals surface area contributed by atoms with E-state index in [1.165, 1.54) is 12.1 Å². The maximum Gasteiger partial charge on any atom is 0.117 e. The molecule has 0 radical (unpaired) electrons. The van der Waals surface area contributed by atoms with E-state index < -0.39 is 0 Å². The predicted molar refractivity (Wildman–Crippen MR) is 49.9 cm³/mol. The number of benzene rings is 1. The van der Waals surface area contributed by atoms with Crippen molar-refractivity contribution >= 4 is 0 Å². The molecular weight excluding hydrogens is 178 g/mol. The SMILES string of the molecule is N#Cc1cc(O)ccc1-n1ccnc1. The molecule has 1 heterocycles. The normalized spacial score (nSPS) is 9.64. The van der Waals surface area contributed by atoms with Crippen molar-refractivity contribution in [3.63, 3.8) is 0 Å². The number of hydrogen-bond acceptors (Lipinski definition) is 3. The smallest absolute Gasteiger partial charge is 0.117 e. The zero-order chi connectivity index (χ0) is 9.97. The average Bonchev–Trinajstić information content (AvgIpc) is 2.70. The van der Waals surface area contributed by atoms with Crippen molar-refractivity contribution in [2.45, 2.75) is 0 Å². The summed E-state index contributed by atoms with van der Waals surface area (Å²) in [4.78, 5) is 3.89. The third kappa shape index (κ3) is 1.31. The van der Waals surface area contributed by atoms with Crippen molar-refractivity contribution in [1.82, 2.24) is 9.55 Å². The van der Waals surface area contributed by atoms with Crippen molar-refractivity contribution in [1.29, 1.82) is 5.26 Å². The number of imidazole rings is 1. The first-order chi connectivity index (χ1) is 6.81. The van der Waals surface area contributed by atoms with Crippen LogP contribution in [0.5, 0.6) is 5.75 Å². The Morgan fingerprint density at radius 3 is 2.93 bits per heavy atom. The summed E-state index contributed by atoms with van der Waals surface area (Å²) >= 11 is 0. The van der Waals surface area contributed by atoms with Gasteiger partial charge in [-0.15, -0.1) is 0 Å². The van der Waals surface area contributed by atoms with Gasteiger partial charge >= 0.3 is 0 Å². The Morgan fingerprint density at radius 1 is 1.43 bits per heavy atom. The van der Waals surface area contributed by atoms with Crippen LogP contribution >= 0.6 is 0 Å². The predicted octanol–water partition coefficient (Wildman–Crippen LogP) is 1.45. The molecule has 0 aliphatic rings. The molecule has 0 unspecified atom stereocenters. The summed E-state index contributed by atoms with van der Waals surface area (Å²) in [5.74, 6) is 0.0883. The average molecular weight is 185 g/mol. The molecule has 4 heteroatoms. The lowest BCUT2D eigenvalue weighted by Gasteiger charge is -2.04. The molecular formula is C10H7N3O. The topological polar surface area (TPSA) is 61.8 Å². The lowest BCUT2D eigenvalue weighted by molar-refractivity contribution is 0.475. The first-order valence-electron chi connectivity index (χ1n) is 4.02. The van der Waals surface area contributed by atoms with Gasteiger partial charge in [-0.25, -0.2) is 4.98 Å². The van der Waals surface area contributed by atoms with Gasteiger partial charge in [0.2, 0.25) is 0 Å². The van der Waals surface area contributed by atoms with Crippen molar-refractivity contribution in [2.75, 3.05) is 0 Å². The molecule has 1 aromatic heterocycles. The van der Waals surface area contributed by atoms with Crippen molar-refractivity contribution in [3.8, 4) is 17.5 Å². The summed E-state index contributed by atoms with van der Waals surface area (Å²) in [6.45, 7) is 0. The largest absolute Gasteiger partial charge is 0.508 e. The Bertz CT molecular complexity index is 483. The van der Waals surface area contributed by atoms with Crippen LogP contribution in [0.25, 0.3) is 5.69 Å². The van der Waals surface area contributed by atoms with Crippen LogP contribution in [0.2, 0.25) is 0 Å². The van der Waals surface area contributed by atoms with Crippen molar-refractivity contribution in [3.05, 3.63) is 42.5 Å². The Balaban J connectivity index is 2.60. The second kappa shape index (κ2) is 3.23. The third-order valence-electron chi connectivity index (χ3n) is 1.88. The lowest BCUT2D eigenvalue weighted by atomic mass is 10.2. The number of phenolic OH excluding ortho intramolecular Hbond substituents is 1. The monoisotopic (exact) mass is 185 g/mol. The molecule has 1 aromatic carbocycles. The van der Waals surface area contributed by atoms with Crippen LogP contribution in [0.15, 0.2) is 36.9 Å². The fourth-order valence-electron chi connectivity index (χ4n) is 1.24. The number of nitriles is 1. The van der Waals surface area contributed by atoms with E-state index in [1.807, 2.05) is 6.07 Å². The minimum atomic E-state index is 0.0883. The number of hydrogen-bond donors (Lipinski definition) is 1. The second-order valence-corrected chi connectivity index (χ2v) is 2.78. The van der Waals surface area contributed by atoms with Crippen LogP contribution in [-0.2, 0) is 0 Å². The zero-order valence-electron chi connectivity index (χ0n) is 7.25. The zero-order valence-corrected chi connectivity index (χ0v) is 7.25. The molecule has 0 saturated carbocycles. The van der Waals surface area contributed by atoms with Crippen LogP contribution in [0.3, 0.4) is 0 Å². The molecule has 0 fully saturated rings. The molecule has 0 spiro atoms. The summed E-state index contributed by atoms with van der Waals surface area (Å²) in [6, 6.07) is 6.66. The molecule has 2 aromatic rings. The van der Waals surface area contributed by atoms with E-state index in [-0.39, 0.29) is 5.75 Å². The van der Waals surface area contributed by atoms with E-state index >= 15 is 0 Å². The number of aromatic hydroxyl groups is 1. The van der Waals surface area contributed by atoms with E-state index in [0.29, 0.717) is 11.3 Å². The molecule has 4 nitrogen and oxygen atoms in total. The Kier molecular flexibility index (Phi) is 1.92. The minimum absolute atomic E-state index is 0.0883. The van der Waals surface area contributed by atoms with Gasteiger partial charge in [-0.1, -0.05) is 0 Å². The standard InChI is InChI=1S/C10H7N3O/c11-6-8-5-9(14)1-2-10(8)13-4-3-12-7-13/h1-5,7,14H. The molecule has 1 N–H and O–H groups in total. The summed E-state index contributed by atoms with van der Waals surface area (Å²) in [5.41, 5.74) is 1.13. The Morgan fingerprint density at radius 2 is 2.29 bits per heavy atom. The molecule has 14 heavy (non-hydrogen) atoms. The maximum absolute atomic E-state index is 9.19. The van der Waals surface area contributed by atoms with E-state index in [9.17, 15) is 5.11 Å². The van der Waals surface area contributed by atoms with Gasteiger partial charge in [-0.05, 0) is 18.2 Å². The van der Waals surface area contributed by atoms with Crippen molar-refractivity contribution in [2.24, 2.45) is 0 Å². The van der Waals surface area contributed by atoms with Gasteiger partial charge in [0.05, 0.1) is 17.6 Å². The number of aromatic nitrogens is 2. The van der Waals surface area contributed by atoms with Gasteiger partial charge in [-0.2, -0.15) is 5.26 Å². The molecule has 2 rings (SSSR count). The quantitative estimate of drug-likeness (QED) is 0.731. The summed E-state index contributed by atoms with van der Waals surface area (Å²) in [5, 5.41) is 18.0. The van der Waals surface area contributed by atoms with Gasteiger partial charge in [0.15, 0.2) is 0 Å². The highest BCUT2D eigenvalue weighted by Crippen LogP contribution is 2.18. The first kappa shape index (κ1) is 8.32. The molecule has 0 amide bonds. The molecule has 68 valence electrons. The van der Waals surface area contributed by atoms with E-state index in [2.05, 4.69) is 4.98 Å². The van der Waals surface area contributed by atoms with E-state index in [1.54, 1.807) is 29.4 Å². The van der Waals surface area contributed by atoms with Gasteiger partial charge in [0.25, 0.3) is 0 Å². The molecule has 0 saturated heterocycles.